The summed E-state index contributed by atoms with van der Waals surface area (Å²) in [5.41, 5.74) is 1.60. The van der Waals surface area contributed by atoms with Gasteiger partial charge in [0, 0.05) is 16.7 Å². The number of hydrogen-bond acceptors (Lipinski definition) is 3. The van der Waals surface area contributed by atoms with Crippen LogP contribution in [-0.4, -0.2) is 16.7 Å². The van der Waals surface area contributed by atoms with E-state index in [1.54, 1.807) is 19.1 Å². The van der Waals surface area contributed by atoms with Gasteiger partial charge in [0.2, 0.25) is 0 Å². The summed E-state index contributed by atoms with van der Waals surface area (Å²) in [6, 6.07) is 4.66. The van der Waals surface area contributed by atoms with Gasteiger partial charge in [-0.3, -0.25) is 9.59 Å². The Morgan fingerprint density at radius 1 is 1.05 bits per heavy atom. The molecule has 0 aromatic heterocycles. The highest BCUT2D eigenvalue weighted by Gasteiger charge is 2.31. The second-order valence-corrected chi connectivity index (χ2v) is 5.27. The second kappa shape index (κ2) is 6.04. The fourth-order valence-corrected chi connectivity index (χ4v) is 2.66. The summed E-state index contributed by atoms with van der Waals surface area (Å²) in [6.07, 6.45) is 4.85. The summed E-state index contributed by atoms with van der Waals surface area (Å²) in [5.74, 6) is -0.424. The first-order valence-corrected chi connectivity index (χ1v) is 7.19. The summed E-state index contributed by atoms with van der Waals surface area (Å²) in [5, 5.41) is 9.86. The van der Waals surface area contributed by atoms with Crippen LogP contribution < -0.4 is 0 Å². The minimum Gasteiger partial charge on any atom is -0.507 e. The average molecular weight is 272 g/mol. The molecular formula is C17H20O3. The highest BCUT2D eigenvalue weighted by molar-refractivity contribution is 6.27. The SMILES string of the molecule is CCCCCCC1=C(C)C(=O)c2cccc(O)c2C1=O. The number of ketones is 2. The van der Waals surface area contributed by atoms with E-state index in [9.17, 15) is 14.7 Å². The molecule has 106 valence electrons. The summed E-state index contributed by atoms with van der Waals surface area (Å²) >= 11 is 0. The molecule has 0 atom stereocenters. The monoisotopic (exact) mass is 272 g/mol. The lowest BCUT2D eigenvalue weighted by Crippen LogP contribution is -2.21. The van der Waals surface area contributed by atoms with E-state index in [4.69, 9.17) is 0 Å². The van der Waals surface area contributed by atoms with Crippen LogP contribution in [0.2, 0.25) is 0 Å². The minimum atomic E-state index is -0.188. The number of hydrogen-bond donors (Lipinski definition) is 1. The van der Waals surface area contributed by atoms with Crippen LogP contribution in [0.4, 0.5) is 0 Å². The molecule has 3 heteroatoms. The molecule has 0 radical (unpaired) electrons. The highest BCUT2D eigenvalue weighted by Crippen LogP contribution is 2.33. The Bertz CT molecular complexity index is 582. The van der Waals surface area contributed by atoms with Gasteiger partial charge in [0.05, 0.1) is 5.56 Å². The first-order valence-electron chi connectivity index (χ1n) is 7.19. The van der Waals surface area contributed by atoms with E-state index in [1.807, 2.05) is 0 Å². The maximum Gasteiger partial charge on any atom is 0.193 e. The Labute approximate surface area is 119 Å². The van der Waals surface area contributed by atoms with E-state index in [0.29, 0.717) is 23.1 Å². The van der Waals surface area contributed by atoms with E-state index in [1.165, 1.54) is 6.07 Å². The number of Topliss-reactive ketones (excluding diaryl/α,β-unsaturated/α-hetero) is 2. The van der Waals surface area contributed by atoms with Crippen molar-refractivity contribution >= 4 is 11.6 Å². The standard InChI is InChI=1S/C17H20O3/c1-3-4-5-6-8-12-11(2)16(19)13-9-7-10-14(18)15(13)17(12)20/h7,9-10,18H,3-6,8H2,1-2H3. The number of aromatic hydroxyl groups is 1. The van der Waals surface area contributed by atoms with Crippen molar-refractivity contribution < 1.29 is 14.7 Å². The molecule has 3 nitrogen and oxygen atoms in total. The van der Waals surface area contributed by atoms with Crippen LogP contribution in [0, 0.1) is 0 Å². The molecule has 0 amide bonds. The Morgan fingerprint density at radius 3 is 2.50 bits per heavy atom. The Morgan fingerprint density at radius 2 is 1.80 bits per heavy atom. The van der Waals surface area contributed by atoms with E-state index >= 15 is 0 Å². The molecule has 2 rings (SSSR count). The molecule has 0 fully saturated rings. The van der Waals surface area contributed by atoms with Crippen molar-refractivity contribution in [2.75, 3.05) is 0 Å². The number of phenols is 1. The molecule has 1 aromatic carbocycles. The fourth-order valence-electron chi connectivity index (χ4n) is 2.66. The molecule has 0 aliphatic heterocycles. The summed E-state index contributed by atoms with van der Waals surface area (Å²) in [7, 11) is 0. The fraction of sp³-hybridized carbons (Fsp3) is 0.412. The molecular weight excluding hydrogens is 252 g/mol. The number of allylic oxidation sites excluding steroid dienone is 2. The van der Waals surface area contributed by atoms with Gasteiger partial charge < -0.3 is 5.11 Å². The van der Waals surface area contributed by atoms with Crippen LogP contribution in [0.5, 0.6) is 5.75 Å². The third-order valence-electron chi connectivity index (χ3n) is 3.86. The number of phenolic OH excluding ortho intramolecular Hbond substituents is 1. The van der Waals surface area contributed by atoms with Crippen molar-refractivity contribution in [3.63, 3.8) is 0 Å². The lowest BCUT2D eigenvalue weighted by Gasteiger charge is -2.19. The highest BCUT2D eigenvalue weighted by atomic mass is 16.3. The topological polar surface area (TPSA) is 54.4 Å². The van der Waals surface area contributed by atoms with Crippen molar-refractivity contribution in [2.45, 2.75) is 46.0 Å². The van der Waals surface area contributed by atoms with Crippen molar-refractivity contribution in [1.29, 1.82) is 0 Å². The third-order valence-corrected chi connectivity index (χ3v) is 3.86. The van der Waals surface area contributed by atoms with E-state index < -0.39 is 0 Å². The van der Waals surface area contributed by atoms with Crippen molar-refractivity contribution in [3.8, 4) is 5.75 Å². The normalized spacial score (nSPS) is 14.7. The van der Waals surface area contributed by atoms with Gasteiger partial charge in [0.15, 0.2) is 11.6 Å². The largest absolute Gasteiger partial charge is 0.507 e. The molecule has 1 N–H and O–H groups in total. The second-order valence-electron chi connectivity index (χ2n) is 5.27. The van der Waals surface area contributed by atoms with Gasteiger partial charge in [0.25, 0.3) is 0 Å². The third kappa shape index (κ3) is 2.53. The molecule has 0 saturated carbocycles. The van der Waals surface area contributed by atoms with E-state index in [-0.39, 0.29) is 22.9 Å². The van der Waals surface area contributed by atoms with E-state index in [2.05, 4.69) is 6.92 Å². The Kier molecular flexibility index (Phi) is 4.38. The molecule has 0 saturated heterocycles. The smallest absolute Gasteiger partial charge is 0.193 e. The summed E-state index contributed by atoms with van der Waals surface area (Å²) < 4.78 is 0. The molecule has 1 aromatic rings. The Hall–Kier alpha value is -1.90. The van der Waals surface area contributed by atoms with Crippen molar-refractivity contribution in [1.82, 2.24) is 0 Å². The quantitative estimate of drug-likeness (QED) is 0.822. The zero-order chi connectivity index (χ0) is 14.7. The van der Waals surface area contributed by atoms with Gasteiger partial charge >= 0.3 is 0 Å². The van der Waals surface area contributed by atoms with E-state index in [0.717, 1.165) is 25.7 Å². The van der Waals surface area contributed by atoms with Gasteiger partial charge in [-0.15, -0.1) is 0 Å². The molecule has 20 heavy (non-hydrogen) atoms. The molecule has 0 spiro atoms. The number of unbranched alkanes of at least 4 members (excludes halogenated alkanes) is 3. The van der Waals surface area contributed by atoms with Gasteiger partial charge in [-0.2, -0.15) is 0 Å². The first kappa shape index (κ1) is 14.5. The summed E-state index contributed by atoms with van der Waals surface area (Å²) in [6.45, 7) is 3.84. The predicted molar refractivity (Wildman–Crippen MR) is 78.2 cm³/mol. The Balaban J connectivity index is 2.30. The van der Waals surface area contributed by atoms with Crippen molar-refractivity contribution in [2.24, 2.45) is 0 Å². The lowest BCUT2D eigenvalue weighted by molar-refractivity contribution is 0.0969. The maximum atomic E-state index is 12.5. The zero-order valence-electron chi connectivity index (χ0n) is 12.0. The van der Waals surface area contributed by atoms with Crippen LogP contribution in [-0.2, 0) is 0 Å². The number of rotatable bonds is 5. The lowest BCUT2D eigenvalue weighted by atomic mass is 9.82. The molecule has 1 aliphatic carbocycles. The molecule has 0 bridgehead atoms. The van der Waals surface area contributed by atoms with Gasteiger partial charge in [0.1, 0.15) is 5.75 Å². The van der Waals surface area contributed by atoms with Gasteiger partial charge in [-0.25, -0.2) is 0 Å². The summed E-state index contributed by atoms with van der Waals surface area (Å²) in [4.78, 5) is 24.8. The predicted octanol–water partition coefficient (Wildman–Crippen LogP) is 4.06. The van der Waals surface area contributed by atoms with Crippen LogP contribution in [0.3, 0.4) is 0 Å². The minimum absolute atomic E-state index is 0.0978. The number of fused-ring (bicyclic) bond motifs is 1. The van der Waals surface area contributed by atoms with Crippen molar-refractivity contribution in [3.05, 3.63) is 40.5 Å². The van der Waals surface area contributed by atoms with Gasteiger partial charge in [-0.05, 0) is 25.8 Å². The van der Waals surface area contributed by atoms with Crippen LogP contribution in [0.1, 0.15) is 66.7 Å². The number of carbonyl (C=O) groups is 2. The van der Waals surface area contributed by atoms with Gasteiger partial charge in [-0.1, -0.05) is 38.3 Å². The molecule has 0 heterocycles. The number of carbonyl (C=O) groups excluding carboxylic acids is 2. The molecule has 1 aliphatic rings. The average Bonchev–Trinajstić information content (AvgIpc) is 2.44. The van der Waals surface area contributed by atoms with Crippen LogP contribution >= 0.6 is 0 Å². The maximum absolute atomic E-state index is 12.5. The molecule has 0 unspecified atom stereocenters. The van der Waals surface area contributed by atoms with Crippen LogP contribution in [0.15, 0.2) is 29.3 Å². The zero-order valence-corrected chi connectivity index (χ0v) is 12.0. The van der Waals surface area contributed by atoms with Crippen LogP contribution in [0.25, 0.3) is 0 Å². The number of benzene rings is 1. The first-order chi connectivity index (χ1) is 9.57.